The largest absolute Gasteiger partial charge is 0.324 e. The van der Waals surface area contributed by atoms with Crippen LogP contribution in [0.5, 0.6) is 0 Å². The summed E-state index contributed by atoms with van der Waals surface area (Å²) in [5, 5.41) is 4.49. The van der Waals surface area contributed by atoms with Gasteiger partial charge in [-0.2, -0.15) is 5.10 Å². The molecule has 1 aliphatic carbocycles. The average molecular weight is 384 g/mol. The van der Waals surface area contributed by atoms with Gasteiger partial charge in [0.25, 0.3) is 0 Å². The van der Waals surface area contributed by atoms with E-state index in [-0.39, 0.29) is 11.6 Å². The standard InChI is InChI=1S/C17H20BrF2N3/c1-17(2,3)23-16(10-6-13(19)14(20)7-12(10)18)11(8-22-23)15(21)9-4-5-9/h6-9,15H,4-5,21H2,1-3H3. The summed E-state index contributed by atoms with van der Waals surface area (Å²) in [5.41, 5.74) is 8.28. The van der Waals surface area contributed by atoms with Crippen LogP contribution in [0.25, 0.3) is 11.3 Å². The zero-order chi connectivity index (χ0) is 16.9. The molecule has 0 amide bonds. The fourth-order valence-corrected chi connectivity index (χ4v) is 3.30. The zero-order valence-electron chi connectivity index (χ0n) is 13.4. The Morgan fingerprint density at radius 1 is 1.26 bits per heavy atom. The van der Waals surface area contributed by atoms with Crippen molar-refractivity contribution in [1.82, 2.24) is 9.78 Å². The molecular formula is C17H20BrF2N3. The Kier molecular flexibility index (Phi) is 4.09. The molecule has 1 fully saturated rings. The van der Waals surface area contributed by atoms with Gasteiger partial charge in [0.2, 0.25) is 0 Å². The van der Waals surface area contributed by atoms with Gasteiger partial charge in [0.05, 0.1) is 17.4 Å². The Labute approximate surface area is 143 Å². The first-order chi connectivity index (χ1) is 10.7. The number of nitrogens with two attached hydrogens (primary N) is 1. The van der Waals surface area contributed by atoms with E-state index in [9.17, 15) is 8.78 Å². The highest BCUT2D eigenvalue weighted by molar-refractivity contribution is 9.10. The van der Waals surface area contributed by atoms with Crippen LogP contribution in [0.2, 0.25) is 0 Å². The molecule has 1 atom stereocenters. The van der Waals surface area contributed by atoms with Gasteiger partial charge in [-0.15, -0.1) is 0 Å². The topological polar surface area (TPSA) is 43.8 Å². The number of hydrogen-bond acceptors (Lipinski definition) is 2. The fraction of sp³-hybridized carbons (Fsp3) is 0.471. The molecule has 0 aliphatic heterocycles. The zero-order valence-corrected chi connectivity index (χ0v) is 15.0. The maximum atomic E-state index is 13.8. The van der Waals surface area contributed by atoms with E-state index in [0.29, 0.717) is 16.0 Å². The van der Waals surface area contributed by atoms with Gasteiger partial charge in [0, 0.05) is 21.6 Å². The lowest BCUT2D eigenvalue weighted by molar-refractivity contribution is 0.359. The summed E-state index contributed by atoms with van der Waals surface area (Å²) in [7, 11) is 0. The molecule has 1 aliphatic rings. The number of rotatable bonds is 3. The quantitative estimate of drug-likeness (QED) is 0.776. The first kappa shape index (κ1) is 16.6. The minimum Gasteiger partial charge on any atom is -0.324 e. The van der Waals surface area contributed by atoms with Crippen LogP contribution < -0.4 is 5.73 Å². The van der Waals surface area contributed by atoms with E-state index in [2.05, 4.69) is 21.0 Å². The van der Waals surface area contributed by atoms with Crippen LogP contribution in [0.4, 0.5) is 8.78 Å². The van der Waals surface area contributed by atoms with Gasteiger partial charge < -0.3 is 5.73 Å². The highest BCUT2D eigenvalue weighted by atomic mass is 79.9. The predicted molar refractivity (Wildman–Crippen MR) is 89.9 cm³/mol. The van der Waals surface area contributed by atoms with E-state index in [1.165, 1.54) is 6.07 Å². The lowest BCUT2D eigenvalue weighted by Gasteiger charge is -2.24. The van der Waals surface area contributed by atoms with Crippen molar-refractivity contribution in [2.24, 2.45) is 11.7 Å². The molecule has 3 nitrogen and oxygen atoms in total. The summed E-state index contributed by atoms with van der Waals surface area (Å²) < 4.78 is 29.6. The number of hydrogen-bond donors (Lipinski definition) is 1. The minimum absolute atomic E-state index is 0.138. The van der Waals surface area contributed by atoms with Gasteiger partial charge in [0.1, 0.15) is 0 Å². The Bertz CT molecular complexity index is 745. The molecule has 2 N–H and O–H groups in total. The van der Waals surface area contributed by atoms with Gasteiger partial charge in [-0.3, -0.25) is 4.68 Å². The molecule has 1 saturated carbocycles. The molecule has 1 aromatic carbocycles. The van der Waals surface area contributed by atoms with Gasteiger partial charge >= 0.3 is 0 Å². The molecule has 1 heterocycles. The Morgan fingerprint density at radius 3 is 2.43 bits per heavy atom. The monoisotopic (exact) mass is 383 g/mol. The van der Waals surface area contributed by atoms with Gasteiger partial charge in [-0.25, -0.2) is 8.78 Å². The molecular weight excluding hydrogens is 364 g/mol. The second-order valence-electron chi connectivity index (χ2n) is 7.14. The molecule has 0 spiro atoms. The molecule has 23 heavy (non-hydrogen) atoms. The van der Waals surface area contributed by atoms with Crippen LogP contribution in [0.1, 0.15) is 45.2 Å². The Morgan fingerprint density at radius 2 is 1.87 bits per heavy atom. The van der Waals surface area contributed by atoms with Crippen molar-refractivity contribution >= 4 is 15.9 Å². The molecule has 6 heteroatoms. The fourth-order valence-electron chi connectivity index (χ4n) is 2.80. The lowest BCUT2D eigenvalue weighted by Crippen LogP contribution is -2.25. The van der Waals surface area contributed by atoms with Crippen molar-refractivity contribution in [3.05, 3.63) is 40.0 Å². The van der Waals surface area contributed by atoms with Gasteiger partial charge in [-0.1, -0.05) is 0 Å². The molecule has 1 aromatic heterocycles. The summed E-state index contributed by atoms with van der Waals surface area (Å²) in [6.07, 6.45) is 3.96. The molecule has 1 unspecified atom stereocenters. The van der Waals surface area contributed by atoms with E-state index in [1.54, 1.807) is 6.20 Å². The van der Waals surface area contributed by atoms with Crippen LogP contribution in [0.3, 0.4) is 0 Å². The van der Waals surface area contributed by atoms with E-state index >= 15 is 0 Å². The molecule has 0 saturated heterocycles. The number of nitrogens with zero attached hydrogens (tertiary/aromatic N) is 2. The maximum Gasteiger partial charge on any atom is 0.159 e. The normalized spacial score (nSPS) is 16.7. The molecule has 3 rings (SSSR count). The van der Waals surface area contributed by atoms with Crippen molar-refractivity contribution in [1.29, 1.82) is 0 Å². The van der Waals surface area contributed by atoms with E-state index in [0.717, 1.165) is 30.2 Å². The van der Waals surface area contributed by atoms with Crippen molar-refractivity contribution in [3.8, 4) is 11.3 Å². The average Bonchev–Trinajstić information content (AvgIpc) is 3.19. The Hall–Kier alpha value is -1.27. The highest BCUT2D eigenvalue weighted by Crippen LogP contribution is 2.44. The van der Waals surface area contributed by atoms with Crippen molar-refractivity contribution in [3.63, 3.8) is 0 Å². The summed E-state index contributed by atoms with van der Waals surface area (Å²) in [6.45, 7) is 6.05. The smallest absolute Gasteiger partial charge is 0.159 e. The lowest BCUT2D eigenvalue weighted by atomic mass is 9.98. The van der Waals surface area contributed by atoms with Crippen LogP contribution in [0.15, 0.2) is 22.8 Å². The summed E-state index contributed by atoms with van der Waals surface area (Å²) >= 11 is 3.35. The van der Waals surface area contributed by atoms with Crippen molar-refractivity contribution < 1.29 is 8.78 Å². The third-order valence-electron chi connectivity index (χ3n) is 4.19. The van der Waals surface area contributed by atoms with Gasteiger partial charge in [-0.05, 0) is 67.6 Å². The third-order valence-corrected chi connectivity index (χ3v) is 4.84. The van der Waals surface area contributed by atoms with E-state index in [1.807, 2.05) is 25.5 Å². The maximum absolute atomic E-state index is 13.8. The van der Waals surface area contributed by atoms with E-state index in [4.69, 9.17) is 5.73 Å². The van der Waals surface area contributed by atoms with Crippen LogP contribution in [0, 0.1) is 17.6 Å². The first-order valence-electron chi connectivity index (χ1n) is 7.69. The number of aromatic nitrogens is 2. The summed E-state index contributed by atoms with van der Waals surface area (Å²) in [6, 6.07) is 2.22. The summed E-state index contributed by atoms with van der Waals surface area (Å²) in [5.74, 6) is -1.32. The number of benzene rings is 1. The summed E-state index contributed by atoms with van der Waals surface area (Å²) in [4.78, 5) is 0. The van der Waals surface area contributed by atoms with Crippen molar-refractivity contribution in [2.75, 3.05) is 0 Å². The molecule has 0 bridgehead atoms. The van der Waals surface area contributed by atoms with E-state index < -0.39 is 11.6 Å². The second-order valence-corrected chi connectivity index (χ2v) is 7.99. The molecule has 0 radical (unpaired) electrons. The van der Waals surface area contributed by atoms with Gasteiger partial charge in [0.15, 0.2) is 11.6 Å². The predicted octanol–water partition coefficient (Wildman–Crippen LogP) is 4.76. The number of halogens is 3. The van der Waals surface area contributed by atoms with Crippen molar-refractivity contribution in [2.45, 2.75) is 45.2 Å². The SMILES string of the molecule is CC(C)(C)n1ncc(C(N)C2CC2)c1-c1cc(F)c(F)cc1Br. The van der Waals surface area contributed by atoms with Crippen LogP contribution >= 0.6 is 15.9 Å². The molecule has 2 aromatic rings. The van der Waals surface area contributed by atoms with Crippen LogP contribution in [-0.4, -0.2) is 9.78 Å². The minimum atomic E-state index is -0.879. The third kappa shape index (κ3) is 3.06. The first-order valence-corrected chi connectivity index (χ1v) is 8.48. The molecule has 124 valence electrons. The van der Waals surface area contributed by atoms with Crippen LogP contribution in [-0.2, 0) is 5.54 Å². The highest BCUT2D eigenvalue weighted by Gasteiger charge is 2.34. The Balaban J connectivity index is 2.23. The second kappa shape index (κ2) is 5.67.